The van der Waals surface area contributed by atoms with Crippen LogP contribution < -0.4 is 0 Å². The van der Waals surface area contributed by atoms with E-state index in [1.807, 2.05) is 0 Å². The van der Waals surface area contributed by atoms with E-state index in [-0.39, 0.29) is 0 Å². The van der Waals surface area contributed by atoms with Crippen LogP contribution in [0.4, 0.5) is 0 Å². The third-order valence-electron chi connectivity index (χ3n) is 0.408. The molecule has 3 heteroatoms. The van der Waals surface area contributed by atoms with Crippen molar-refractivity contribution < 1.29 is 0 Å². The van der Waals surface area contributed by atoms with Crippen molar-refractivity contribution in [1.29, 1.82) is 0 Å². The summed E-state index contributed by atoms with van der Waals surface area (Å²) in [5.74, 6) is 9.73. The Morgan fingerprint density at radius 1 is 1.29 bits per heavy atom. The Labute approximate surface area is 57.7 Å². The average molecular weight is 237 g/mol. The molecule has 0 rings (SSSR count). The molecule has 0 bridgehead atoms. The number of rotatable bonds is 2. The Bertz CT molecular complexity index is 48.1. The van der Waals surface area contributed by atoms with Crippen LogP contribution in [0.1, 0.15) is 0 Å². The van der Waals surface area contributed by atoms with Gasteiger partial charge in [-0.3, -0.25) is 0 Å². The molecule has 0 aliphatic rings. The molecule has 0 fully saturated rings. The maximum atomic E-state index is 2.46. The molecule has 0 saturated heterocycles. The molecule has 0 N–H and O–H groups in total. The molecule has 7 heavy (non-hydrogen) atoms. The molecule has 0 aromatic carbocycles. The van der Waals surface area contributed by atoms with E-state index in [9.17, 15) is 0 Å². The molecular weight excluding hydrogens is 225 g/mol. The van der Waals surface area contributed by atoms with Crippen LogP contribution in [0, 0.1) is 0 Å². The summed E-state index contributed by atoms with van der Waals surface area (Å²) in [6, 6.07) is 0. The van der Waals surface area contributed by atoms with Crippen LogP contribution in [-0.4, -0.2) is 26.4 Å². The fourth-order valence-corrected chi connectivity index (χ4v) is 24.8. The Hall–Kier alpha value is 1.44. The van der Waals surface area contributed by atoms with Crippen LogP contribution >= 0.6 is 8.41 Å². The zero-order valence-corrected chi connectivity index (χ0v) is 10.4. The molecule has 0 aromatic rings. The Morgan fingerprint density at radius 2 is 1.71 bits per heavy atom. The summed E-state index contributed by atoms with van der Waals surface area (Å²) in [6.45, 7) is 0. The average Bonchev–Trinajstić information content (AvgIpc) is 1.30. The molecule has 0 atom stereocenters. The minimum atomic E-state index is -1.11. The first-order valence-electron chi connectivity index (χ1n) is 2.41. The van der Waals surface area contributed by atoms with Gasteiger partial charge in [0.25, 0.3) is 0 Å². The molecule has 0 aliphatic heterocycles. The second kappa shape index (κ2) is 3.46. The van der Waals surface area contributed by atoms with E-state index < -0.39 is 12.1 Å². The van der Waals surface area contributed by atoms with E-state index in [4.69, 9.17) is 0 Å². The van der Waals surface area contributed by atoms with E-state index in [2.05, 4.69) is 31.4 Å². The summed E-state index contributed by atoms with van der Waals surface area (Å²) >= 11 is -0.698. The first kappa shape index (κ1) is 8.44. The summed E-state index contributed by atoms with van der Waals surface area (Å²) in [5.41, 5.74) is 0. The summed E-state index contributed by atoms with van der Waals surface area (Å²) in [7, 11) is 2.30. The van der Waals surface area contributed by atoms with Crippen LogP contribution in [0.15, 0.2) is 0 Å². The van der Waals surface area contributed by atoms with Crippen molar-refractivity contribution in [3.63, 3.8) is 0 Å². The molecule has 0 aromatic heterocycles. The molecule has 0 saturated carbocycles. The molecule has 0 aliphatic carbocycles. The van der Waals surface area contributed by atoms with Gasteiger partial charge in [-0.15, -0.1) is 0 Å². The second-order valence-electron chi connectivity index (χ2n) is 2.42. The van der Waals surface area contributed by atoms with Gasteiger partial charge in [0.2, 0.25) is 0 Å². The normalized spacial score (nSPS) is 12.0. The van der Waals surface area contributed by atoms with Crippen LogP contribution in [0.25, 0.3) is 0 Å². The third kappa shape index (κ3) is 7.44. The zero-order chi connectivity index (χ0) is 5.91. The molecule has 0 spiro atoms. The van der Waals surface area contributed by atoms with Crippen LogP contribution in [0.3, 0.4) is 0 Å². The summed E-state index contributed by atoms with van der Waals surface area (Å²) in [4.78, 5) is 0. The van der Waals surface area contributed by atoms with Gasteiger partial charge in [0.05, 0.1) is 0 Å². The van der Waals surface area contributed by atoms with Crippen molar-refractivity contribution in [1.82, 2.24) is 0 Å². The fourth-order valence-electron chi connectivity index (χ4n) is 0.306. The van der Waals surface area contributed by atoms with Gasteiger partial charge < -0.3 is 0 Å². The summed E-state index contributed by atoms with van der Waals surface area (Å²) < 4.78 is 0. The predicted octanol–water partition coefficient (Wildman–Crippen LogP) is 2.22. The molecule has 0 heterocycles. The quantitative estimate of drug-likeness (QED) is 0.664. The number of hydrogen-bond donors (Lipinski definition) is 0. The zero-order valence-electron chi connectivity index (χ0n) is 5.41. The molecule has 42 valence electrons. The molecular formula is C4H12Ge2S. The topological polar surface area (TPSA) is 0 Å². The van der Waals surface area contributed by atoms with Gasteiger partial charge in [-0.25, -0.2) is 0 Å². The SMILES string of the molecule is [CH3][Ge][S][Ge]([CH3])([CH3])[CH3]. The van der Waals surface area contributed by atoms with Crippen molar-refractivity contribution in [2.45, 2.75) is 23.0 Å². The van der Waals surface area contributed by atoms with Gasteiger partial charge in [-0.2, -0.15) is 0 Å². The van der Waals surface area contributed by atoms with E-state index in [1.165, 1.54) is 0 Å². The van der Waals surface area contributed by atoms with Crippen LogP contribution in [0.5, 0.6) is 0 Å². The van der Waals surface area contributed by atoms with E-state index in [1.54, 1.807) is 0 Å². The number of hydrogen-bond acceptors (Lipinski definition) is 1. The predicted molar refractivity (Wildman–Crippen MR) is 42.6 cm³/mol. The first-order chi connectivity index (χ1) is 3.06. The Kier molecular flexibility index (Phi) is 4.17. The maximum absolute atomic E-state index is 2.46. The van der Waals surface area contributed by atoms with Crippen molar-refractivity contribution in [3.8, 4) is 0 Å². The monoisotopic (exact) mass is 240 g/mol. The van der Waals surface area contributed by atoms with Crippen molar-refractivity contribution in [3.05, 3.63) is 0 Å². The van der Waals surface area contributed by atoms with E-state index in [0.29, 0.717) is 14.3 Å². The van der Waals surface area contributed by atoms with Crippen LogP contribution in [-0.2, 0) is 0 Å². The Balaban J connectivity index is 3.15. The first-order valence-corrected chi connectivity index (χ1v) is 16.8. The van der Waals surface area contributed by atoms with Crippen molar-refractivity contribution in [2.75, 3.05) is 0 Å². The van der Waals surface area contributed by atoms with Gasteiger partial charge in [0, 0.05) is 0 Å². The van der Waals surface area contributed by atoms with Crippen molar-refractivity contribution >= 4 is 34.8 Å². The van der Waals surface area contributed by atoms with E-state index in [0.717, 1.165) is 0 Å². The van der Waals surface area contributed by atoms with Gasteiger partial charge in [0.1, 0.15) is 0 Å². The molecule has 0 amide bonds. The van der Waals surface area contributed by atoms with Gasteiger partial charge in [-0.05, 0) is 0 Å². The third-order valence-corrected chi connectivity index (χ3v) is 33.1. The molecule has 0 nitrogen and oxygen atoms in total. The Morgan fingerprint density at radius 3 is 1.71 bits per heavy atom. The summed E-state index contributed by atoms with van der Waals surface area (Å²) in [5, 5.41) is 0. The van der Waals surface area contributed by atoms with Gasteiger partial charge in [0.15, 0.2) is 0 Å². The molecule has 2 radical (unpaired) electrons. The minimum absolute atomic E-state index is 0.410. The van der Waals surface area contributed by atoms with Crippen LogP contribution in [0.2, 0.25) is 23.0 Å². The van der Waals surface area contributed by atoms with Crippen molar-refractivity contribution in [2.24, 2.45) is 0 Å². The van der Waals surface area contributed by atoms with Gasteiger partial charge >= 0.3 is 57.9 Å². The standard InChI is InChI=1S/C4H12Ge2S/c1-5-7-6(2,3)4/h1-4H3. The van der Waals surface area contributed by atoms with Gasteiger partial charge in [-0.1, -0.05) is 0 Å². The van der Waals surface area contributed by atoms with E-state index >= 15 is 0 Å². The fraction of sp³-hybridized carbons (Fsp3) is 1.00. The summed E-state index contributed by atoms with van der Waals surface area (Å²) in [6.07, 6.45) is 0. The molecule has 0 unspecified atom stereocenters. The second-order valence-corrected chi connectivity index (χ2v) is 28.8.